The van der Waals surface area contributed by atoms with Gasteiger partial charge in [0.05, 0.1) is 25.0 Å². The number of sulfonamides is 1. The Labute approximate surface area is 216 Å². The maximum Gasteiger partial charge on any atom is 0.243 e. The Morgan fingerprint density at radius 3 is 2.51 bits per heavy atom. The molecule has 1 saturated heterocycles. The summed E-state index contributed by atoms with van der Waals surface area (Å²) in [4.78, 5) is 13.7. The summed E-state index contributed by atoms with van der Waals surface area (Å²) in [5, 5.41) is 2.98. The van der Waals surface area contributed by atoms with E-state index in [1.807, 2.05) is 18.2 Å². The molecule has 2 aliphatic heterocycles. The van der Waals surface area contributed by atoms with Crippen LogP contribution in [-0.4, -0.2) is 52.7 Å². The molecule has 9 nitrogen and oxygen atoms in total. The molecule has 5 rings (SSSR count). The lowest BCUT2D eigenvalue weighted by Gasteiger charge is -2.21. The molecule has 1 fully saturated rings. The van der Waals surface area contributed by atoms with Gasteiger partial charge in [0.2, 0.25) is 22.7 Å². The molecule has 0 spiro atoms. The Hall–Kier alpha value is -3.76. The zero-order valence-corrected chi connectivity index (χ0v) is 21.4. The minimum absolute atomic E-state index is 0.0457. The molecule has 37 heavy (non-hydrogen) atoms. The second-order valence-corrected chi connectivity index (χ2v) is 10.8. The van der Waals surface area contributed by atoms with E-state index in [9.17, 15) is 13.2 Å². The molecule has 1 N–H and O–H groups in total. The summed E-state index contributed by atoms with van der Waals surface area (Å²) in [6, 6.07) is 19.1. The van der Waals surface area contributed by atoms with Gasteiger partial charge in [0.15, 0.2) is 11.5 Å². The van der Waals surface area contributed by atoms with Crippen LogP contribution in [0.5, 0.6) is 23.0 Å². The average Bonchev–Trinajstić information content (AvgIpc) is 3.59. The largest absolute Gasteiger partial charge is 0.497 e. The predicted octanol–water partition coefficient (Wildman–Crippen LogP) is 3.15. The minimum Gasteiger partial charge on any atom is -0.497 e. The molecular formula is C27H28N2O7S. The quantitative estimate of drug-likeness (QED) is 0.483. The summed E-state index contributed by atoms with van der Waals surface area (Å²) in [5.74, 6) is 1.15. The van der Waals surface area contributed by atoms with Crippen molar-refractivity contribution in [1.82, 2.24) is 9.62 Å². The molecule has 194 valence electrons. The molecular weight excluding hydrogens is 496 g/mol. The van der Waals surface area contributed by atoms with E-state index in [2.05, 4.69) is 5.32 Å². The predicted molar refractivity (Wildman–Crippen MR) is 135 cm³/mol. The van der Waals surface area contributed by atoms with Crippen molar-refractivity contribution in [1.29, 1.82) is 0 Å². The molecule has 1 amide bonds. The number of nitrogens with zero attached hydrogens (tertiary/aromatic N) is 1. The molecule has 0 radical (unpaired) electrons. The summed E-state index contributed by atoms with van der Waals surface area (Å²) in [6.45, 7) is 0.625. The number of methoxy groups -OCH3 is 2. The summed E-state index contributed by atoms with van der Waals surface area (Å²) >= 11 is 0. The van der Waals surface area contributed by atoms with E-state index in [1.54, 1.807) is 62.8 Å². The molecule has 0 aromatic heterocycles. The Kier molecular flexibility index (Phi) is 6.94. The van der Waals surface area contributed by atoms with Crippen LogP contribution in [0.15, 0.2) is 71.6 Å². The summed E-state index contributed by atoms with van der Waals surface area (Å²) in [6.07, 6.45) is 0. The van der Waals surface area contributed by atoms with Crippen molar-refractivity contribution >= 4 is 15.9 Å². The van der Waals surface area contributed by atoms with Gasteiger partial charge < -0.3 is 24.3 Å². The molecule has 3 aromatic carbocycles. The smallest absolute Gasteiger partial charge is 0.243 e. The van der Waals surface area contributed by atoms with Crippen LogP contribution >= 0.6 is 0 Å². The van der Waals surface area contributed by atoms with Crippen molar-refractivity contribution in [3.63, 3.8) is 0 Å². The molecule has 0 aliphatic carbocycles. The lowest BCUT2D eigenvalue weighted by Crippen LogP contribution is -2.35. The first-order valence-corrected chi connectivity index (χ1v) is 13.3. The number of fused-ring (bicyclic) bond motifs is 1. The highest BCUT2D eigenvalue weighted by Gasteiger charge is 2.44. The Morgan fingerprint density at radius 1 is 0.973 bits per heavy atom. The van der Waals surface area contributed by atoms with Gasteiger partial charge in [-0.2, -0.15) is 4.31 Å². The number of carbonyl (C=O) groups is 1. The molecule has 2 aliphatic rings. The second-order valence-electron chi connectivity index (χ2n) is 8.86. The maximum atomic E-state index is 13.5. The maximum absolute atomic E-state index is 13.5. The van der Waals surface area contributed by atoms with E-state index in [1.165, 1.54) is 4.31 Å². The number of carbonyl (C=O) groups excluding carboxylic acids is 1. The van der Waals surface area contributed by atoms with Crippen molar-refractivity contribution in [3.8, 4) is 23.0 Å². The van der Waals surface area contributed by atoms with Crippen LogP contribution in [0, 0.1) is 5.92 Å². The van der Waals surface area contributed by atoms with E-state index in [-0.39, 0.29) is 37.2 Å². The van der Waals surface area contributed by atoms with Gasteiger partial charge in [0.25, 0.3) is 0 Å². The molecule has 0 bridgehead atoms. The fraction of sp³-hybridized carbons (Fsp3) is 0.296. The summed E-state index contributed by atoms with van der Waals surface area (Å²) in [7, 11) is -0.693. The van der Waals surface area contributed by atoms with Crippen LogP contribution in [0.2, 0.25) is 0 Å². The van der Waals surface area contributed by atoms with Gasteiger partial charge in [0, 0.05) is 31.6 Å². The second kappa shape index (κ2) is 10.3. The Balaban J connectivity index is 1.42. The molecule has 2 unspecified atom stereocenters. The monoisotopic (exact) mass is 524 g/mol. The first kappa shape index (κ1) is 24.9. The average molecular weight is 525 g/mol. The van der Waals surface area contributed by atoms with E-state index >= 15 is 0 Å². The van der Waals surface area contributed by atoms with Crippen LogP contribution in [0.25, 0.3) is 0 Å². The Morgan fingerprint density at radius 2 is 1.76 bits per heavy atom. The number of benzene rings is 3. The van der Waals surface area contributed by atoms with Crippen molar-refractivity contribution in [2.75, 3.05) is 34.1 Å². The highest BCUT2D eigenvalue weighted by atomic mass is 32.2. The van der Waals surface area contributed by atoms with E-state index < -0.39 is 21.9 Å². The molecule has 3 aromatic rings. The molecule has 0 saturated carbocycles. The van der Waals surface area contributed by atoms with E-state index in [0.29, 0.717) is 23.0 Å². The van der Waals surface area contributed by atoms with E-state index in [0.717, 1.165) is 11.1 Å². The number of hydrogen-bond acceptors (Lipinski definition) is 7. The number of hydrogen-bond donors (Lipinski definition) is 1. The van der Waals surface area contributed by atoms with Gasteiger partial charge in [-0.1, -0.05) is 30.3 Å². The number of amides is 1. The van der Waals surface area contributed by atoms with Crippen molar-refractivity contribution in [3.05, 3.63) is 77.9 Å². The number of ether oxygens (including phenoxy) is 4. The van der Waals surface area contributed by atoms with Crippen LogP contribution in [0.4, 0.5) is 0 Å². The standard InChI is InChI=1S/C27H28N2O7S/c1-33-19-9-10-21(25(13-19)34-2)22-15-29(37(31,32)20-6-4-3-5-7-20)16-23(22)27(30)28-14-18-8-11-24-26(12-18)36-17-35-24/h3-13,22-23H,14-17H2,1-2H3,(H,28,30). The van der Waals surface area contributed by atoms with Crippen LogP contribution < -0.4 is 24.3 Å². The van der Waals surface area contributed by atoms with Crippen molar-refractivity contribution < 1.29 is 32.2 Å². The minimum atomic E-state index is -3.79. The first-order chi connectivity index (χ1) is 17.9. The van der Waals surface area contributed by atoms with Crippen LogP contribution in [0.3, 0.4) is 0 Å². The zero-order valence-electron chi connectivity index (χ0n) is 20.5. The fourth-order valence-corrected chi connectivity index (χ4v) is 6.30. The van der Waals surface area contributed by atoms with Gasteiger partial charge >= 0.3 is 0 Å². The van der Waals surface area contributed by atoms with Gasteiger partial charge in [-0.15, -0.1) is 0 Å². The third-order valence-electron chi connectivity index (χ3n) is 6.75. The highest BCUT2D eigenvalue weighted by Crippen LogP contribution is 2.41. The van der Waals surface area contributed by atoms with Crippen molar-refractivity contribution in [2.24, 2.45) is 5.92 Å². The molecule has 10 heteroatoms. The fourth-order valence-electron chi connectivity index (χ4n) is 4.78. The van der Waals surface area contributed by atoms with E-state index in [4.69, 9.17) is 18.9 Å². The normalized spacial score (nSPS) is 19.0. The topological polar surface area (TPSA) is 103 Å². The summed E-state index contributed by atoms with van der Waals surface area (Å²) < 4.78 is 49.9. The molecule has 2 heterocycles. The highest BCUT2D eigenvalue weighted by molar-refractivity contribution is 7.89. The molecule has 2 atom stereocenters. The van der Waals surface area contributed by atoms with Gasteiger partial charge in [-0.3, -0.25) is 4.79 Å². The lowest BCUT2D eigenvalue weighted by molar-refractivity contribution is -0.125. The number of nitrogens with one attached hydrogen (secondary N) is 1. The van der Waals surface area contributed by atoms with Crippen LogP contribution in [-0.2, 0) is 21.4 Å². The van der Waals surface area contributed by atoms with Gasteiger partial charge in [-0.05, 0) is 41.5 Å². The SMILES string of the molecule is COc1ccc(C2CN(S(=O)(=O)c3ccccc3)CC2C(=O)NCc2ccc3c(c2)OCO3)c(OC)c1. The van der Waals surface area contributed by atoms with Gasteiger partial charge in [-0.25, -0.2) is 8.42 Å². The number of rotatable bonds is 8. The van der Waals surface area contributed by atoms with Crippen molar-refractivity contribution in [2.45, 2.75) is 17.4 Å². The zero-order chi connectivity index (χ0) is 26.0. The third kappa shape index (κ3) is 4.94. The Bertz CT molecular complexity index is 1400. The van der Waals surface area contributed by atoms with Gasteiger partial charge in [0.1, 0.15) is 11.5 Å². The first-order valence-electron chi connectivity index (χ1n) is 11.8. The van der Waals surface area contributed by atoms with Crippen LogP contribution in [0.1, 0.15) is 17.0 Å². The summed E-state index contributed by atoms with van der Waals surface area (Å²) in [5.41, 5.74) is 1.60. The lowest BCUT2D eigenvalue weighted by atomic mass is 9.87. The third-order valence-corrected chi connectivity index (χ3v) is 8.59.